The molecule has 2 aromatic heterocycles. The number of alkyl halides is 1. The monoisotopic (exact) mass is 430 g/mol. The minimum atomic E-state index is -1.12. The molecule has 9 nitrogen and oxygen atoms in total. The summed E-state index contributed by atoms with van der Waals surface area (Å²) in [5.74, 6) is 0.261. The number of rotatable bonds is 4. The molecule has 5 rings (SSSR count). The fourth-order valence-electron chi connectivity index (χ4n) is 4.12. The topological polar surface area (TPSA) is 115 Å². The van der Waals surface area contributed by atoms with E-state index in [0.717, 1.165) is 24.3 Å². The summed E-state index contributed by atoms with van der Waals surface area (Å²) < 4.78 is 21.8. The summed E-state index contributed by atoms with van der Waals surface area (Å²) in [4.78, 5) is 19.7. The number of phenols is 1. The zero-order chi connectivity index (χ0) is 21.0. The molecular formula is C19H19FN6O3S. The molecule has 0 radical (unpaired) electrons. The molecule has 30 heavy (non-hydrogen) atoms. The number of benzene rings is 1. The zero-order valence-electron chi connectivity index (χ0n) is 16.2. The van der Waals surface area contributed by atoms with E-state index in [4.69, 9.17) is 4.74 Å². The van der Waals surface area contributed by atoms with Gasteiger partial charge >= 0.3 is 5.69 Å². The number of piperidine rings is 1. The maximum Gasteiger partial charge on any atom is 0.350 e. The fraction of sp³-hybridized carbons (Fsp3) is 0.421. The zero-order valence-corrected chi connectivity index (χ0v) is 17.1. The lowest BCUT2D eigenvalue weighted by Crippen LogP contribution is -2.53. The van der Waals surface area contributed by atoms with Crippen LogP contribution in [0.4, 0.5) is 4.39 Å². The number of ether oxygens (including phenoxy) is 1. The molecular weight excluding hydrogens is 411 g/mol. The van der Waals surface area contributed by atoms with E-state index in [1.807, 2.05) is 6.92 Å². The second-order valence-corrected chi connectivity index (χ2v) is 8.87. The van der Waals surface area contributed by atoms with E-state index in [9.17, 15) is 14.3 Å². The maximum absolute atomic E-state index is 14.7. The standard InChI is InChI=1S/C19H19FN6O3S/c1-19-6-10(7-22-19)13(14(19)20)29-18-25-24-16(30-18)11-4-3-9(5-12(11)27)15-21-8-26(2)17(28)23-15/h3-5,8,10,13-14,22,27H,6-7H2,1-2H3/t10?,13-,14-,19-/m1/s1. The van der Waals surface area contributed by atoms with Crippen LogP contribution in [0.25, 0.3) is 22.0 Å². The van der Waals surface area contributed by atoms with E-state index in [0.29, 0.717) is 16.1 Å². The molecule has 2 N–H and O–H groups in total. The lowest BCUT2D eigenvalue weighted by molar-refractivity contribution is 0.0438. The highest BCUT2D eigenvalue weighted by molar-refractivity contribution is 7.16. The Morgan fingerprint density at radius 1 is 1.40 bits per heavy atom. The van der Waals surface area contributed by atoms with Crippen molar-refractivity contribution in [2.24, 2.45) is 13.0 Å². The second-order valence-electron chi connectivity index (χ2n) is 7.93. The minimum Gasteiger partial charge on any atom is -0.507 e. The number of nitrogens with one attached hydrogen (secondary N) is 1. The Bertz CT molecular complexity index is 1180. The lowest BCUT2D eigenvalue weighted by atomic mass is 9.99. The van der Waals surface area contributed by atoms with Crippen LogP contribution in [-0.4, -0.2) is 54.2 Å². The lowest BCUT2D eigenvalue weighted by Gasteiger charge is -2.31. The summed E-state index contributed by atoms with van der Waals surface area (Å²) >= 11 is 1.15. The van der Waals surface area contributed by atoms with Gasteiger partial charge in [0.05, 0.1) is 11.1 Å². The molecule has 1 unspecified atom stereocenters. The van der Waals surface area contributed by atoms with Crippen LogP contribution >= 0.6 is 11.3 Å². The van der Waals surface area contributed by atoms with E-state index in [1.165, 1.54) is 17.0 Å². The first-order chi connectivity index (χ1) is 14.3. The first-order valence-electron chi connectivity index (χ1n) is 9.47. The van der Waals surface area contributed by atoms with Gasteiger partial charge in [-0.1, -0.05) is 22.5 Å². The number of aromatic hydroxyl groups is 1. The fourth-order valence-corrected chi connectivity index (χ4v) is 4.89. The van der Waals surface area contributed by atoms with Crippen LogP contribution in [-0.2, 0) is 7.05 Å². The number of phenolic OH excluding ortho intramolecular Hbond substituents is 1. The molecule has 1 saturated carbocycles. The minimum absolute atomic E-state index is 0.0560. The average Bonchev–Trinajstić information content (AvgIpc) is 3.40. The van der Waals surface area contributed by atoms with Crippen LogP contribution in [0.15, 0.2) is 29.3 Å². The van der Waals surface area contributed by atoms with Crippen molar-refractivity contribution in [2.45, 2.75) is 31.2 Å². The van der Waals surface area contributed by atoms with Gasteiger partial charge in [0.25, 0.3) is 5.19 Å². The SMILES string of the molecule is Cn1cnc(-c2ccc(-c3nnc(O[C@@H]4C5CN[C@](C)(C5)[C@@H]4F)s3)c(O)c2)nc1=O. The Morgan fingerprint density at radius 3 is 2.93 bits per heavy atom. The third-order valence-corrected chi connectivity index (χ3v) is 6.65. The molecule has 1 aromatic carbocycles. The van der Waals surface area contributed by atoms with E-state index in [1.54, 1.807) is 19.2 Å². The molecule has 4 atom stereocenters. The van der Waals surface area contributed by atoms with Crippen LogP contribution in [0.3, 0.4) is 0 Å². The van der Waals surface area contributed by atoms with Crippen molar-refractivity contribution in [3.05, 3.63) is 35.0 Å². The normalized spacial score (nSPS) is 27.5. The Kier molecular flexibility index (Phi) is 4.33. The third kappa shape index (κ3) is 3.05. The van der Waals surface area contributed by atoms with Gasteiger partial charge in [0.1, 0.15) is 18.2 Å². The van der Waals surface area contributed by atoms with Gasteiger partial charge in [-0.3, -0.25) is 4.57 Å². The van der Waals surface area contributed by atoms with Crippen LogP contribution in [0.5, 0.6) is 10.9 Å². The molecule has 2 fully saturated rings. The Balaban J connectivity index is 1.37. The number of hydrogen-bond donors (Lipinski definition) is 2. The summed E-state index contributed by atoms with van der Waals surface area (Å²) in [6.45, 7) is 2.60. The molecule has 0 amide bonds. The highest BCUT2D eigenvalue weighted by atomic mass is 32.1. The molecule has 3 heterocycles. The Hall–Kier alpha value is -2.92. The summed E-state index contributed by atoms with van der Waals surface area (Å²) in [6, 6.07) is 4.80. The van der Waals surface area contributed by atoms with Crippen molar-refractivity contribution < 1.29 is 14.2 Å². The van der Waals surface area contributed by atoms with Gasteiger partial charge in [-0.15, -0.1) is 5.10 Å². The smallest absolute Gasteiger partial charge is 0.350 e. The van der Waals surface area contributed by atoms with Crippen molar-refractivity contribution in [3.63, 3.8) is 0 Å². The summed E-state index contributed by atoms with van der Waals surface area (Å²) in [6.07, 6.45) is 0.436. The predicted molar refractivity (Wildman–Crippen MR) is 107 cm³/mol. The first-order valence-corrected chi connectivity index (χ1v) is 10.3. The quantitative estimate of drug-likeness (QED) is 0.641. The van der Waals surface area contributed by atoms with Gasteiger partial charge in [-0.25, -0.2) is 14.2 Å². The van der Waals surface area contributed by atoms with Gasteiger partial charge in [-0.05, 0) is 25.5 Å². The molecule has 1 aliphatic heterocycles. The molecule has 11 heteroatoms. The second kappa shape index (κ2) is 6.81. The molecule has 1 saturated heterocycles. The van der Waals surface area contributed by atoms with Crippen molar-refractivity contribution in [1.82, 2.24) is 30.0 Å². The summed E-state index contributed by atoms with van der Waals surface area (Å²) in [5, 5.41) is 22.5. The number of aryl methyl sites for hydroxylation is 1. The van der Waals surface area contributed by atoms with E-state index >= 15 is 0 Å². The molecule has 2 aliphatic rings. The number of aromatic nitrogens is 5. The molecule has 0 spiro atoms. The summed E-state index contributed by atoms with van der Waals surface area (Å²) in [7, 11) is 1.56. The largest absolute Gasteiger partial charge is 0.507 e. The van der Waals surface area contributed by atoms with Crippen molar-refractivity contribution in [2.75, 3.05) is 6.54 Å². The van der Waals surface area contributed by atoms with Gasteiger partial charge in [-0.2, -0.15) is 4.98 Å². The molecule has 1 aliphatic carbocycles. The van der Waals surface area contributed by atoms with Gasteiger partial charge in [0.15, 0.2) is 17.0 Å². The van der Waals surface area contributed by atoms with Gasteiger partial charge in [0.2, 0.25) is 0 Å². The van der Waals surface area contributed by atoms with Gasteiger partial charge in [0, 0.05) is 25.1 Å². The van der Waals surface area contributed by atoms with E-state index in [-0.39, 0.29) is 22.7 Å². The highest BCUT2D eigenvalue weighted by Gasteiger charge is 2.57. The van der Waals surface area contributed by atoms with Crippen molar-refractivity contribution >= 4 is 11.3 Å². The summed E-state index contributed by atoms with van der Waals surface area (Å²) in [5.41, 5.74) is -0.0335. The molecule has 3 aromatic rings. The number of hydrogen-bond acceptors (Lipinski definition) is 9. The van der Waals surface area contributed by atoms with Crippen molar-refractivity contribution in [3.8, 4) is 32.9 Å². The highest BCUT2D eigenvalue weighted by Crippen LogP contribution is 2.44. The first kappa shape index (κ1) is 19.1. The predicted octanol–water partition coefficient (Wildman–Crippen LogP) is 1.53. The van der Waals surface area contributed by atoms with Gasteiger partial charge < -0.3 is 15.2 Å². The maximum atomic E-state index is 14.7. The third-order valence-electron chi connectivity index (χ3n) is 5.80. The molecule has 2 bridgehead atoms. The number of halogens is 1. The number of nitrogens with zero attached hydrogens (tertiary/aromatic N) is 5. The van der Waals surface area contributed by atoms with Crippen LogP contribution in [0.1, 0.15) is 13.3 Å². The molecule has 156 valence electrons. The van der Waals surface area contributed by atoms with Crippen LogP contribution in [0.2, 0.25) is 0 Å². The van der Waals surface area contributed by atoms with Crippen molar-refractivity contribution in [1.29, 1.82) is 0 Å². The van der Waals surface area contributed by atoms with E-state index < -0.39 is 23.5 Å². The Labute approximate surface area is 174 Å². The van der Waals surface area contributed by atoms with E-state index in [2.05, 4.69) is 25.5 Å². The number of fused-ring (bicyclic) bond motifs is 2. The van der Waals surface area contributed by atoms with Crippen LogP contribution < -0.4 is 15.7 Å². The Morgan fingerprint density at radius 2 is 2.23 bits per heavy atom. The average molecular weight is 430 g/mol. The van der Waals surface area contributed by atoms with Crippen LogP contribution in [0, 0.1) is 5.92 Å².